The van der Waals surface area contributed by atoms with E-state index in [4.69, 9.17) is 17.0 Å². The minimum absolute atomic E-state index is 0.231. The number of aliphatic carboxylic acids is 1. The van der Waals surface area contributed by atoms with Gasteiger partial charge in [0.25, 0.3) is 17.4 Å². The Morgan fingerprint density at radius 1 is 1.37 bits per heavy atom. The van der Waals surface area contributed by atoms with Gasteiger partial charge in [0.2, 0.25) is 11.8 Å². The van der Waals surface area contributed by atoms with Crippen molar-refractivity contribution in [2.45, 2.75) is 51.3 Å². The fourth-order valence-electron chi connectivity index (χ4n) is 2.68. The number of carboxylic acids is 1. The lowest BCUT2D eigenvalue weighted by molar-refractivity contribution is -0.148. The van der Waals surface area contributed by atoms with Gasteiger partial charge in [0.15, 0.2) is 1.41 Å². The van der Waals surface area contributed by atoms with Crippen molar-refractivity contribution in [3.05, 3.63) is 23.8 Å². The van der Waals surface area contributed by atoms with Gasteiger partial charge in [-0.3, -0.25) is 24.0 Å². The SMILES string of the molecule is [2H]N(C(=O)C1(C)Oc2ccc(C)cc2NC1=O)[C@@H](C)C(=O)N[C@@H](CCC(=O)O)C(N)=O. The van der Waals surface area contributed by atoms with Gasteiger partial charge in [-0.05, 0) is 44.9 Å². The topological polar surface area (TPSA) is 177 Å². The van der Waals surface area contributed by atoms with E-state index in [2.05, 4.69) is 10.6 Å². The molecule has 4 amide bonds. The Hall–Kier alpha value is -3.63. The largest absolute Gasteiger partial charge is 0.481 e. The van der Waals surface area contributed by atoms with Gasteiger partial charge >= 0.3 is 5.97 Å². The minimum atomic E-state index is -2.11. The maximum Gasteiger partial charge on any atom is 0.303 e. The predicted octanol–water partition coefficient (Wildman–Crippen LogP) is -0.576. The first-order valence-corrected chi connectivity index (χ1v) is 9.12. The van der Waals surface area contributed by atoms with Crippen LogP contribution in [-0.2, 0) is 24.0 Å². The molecule has 1 aliphatic heterocycles. The number of ether oxygens (including phenoxy) is 1. The number of anilines is 1. The molecule has 0 fully saturated rings. The molecular formula is C19H24N4O7. The molecule has 0 aliphatic carbocycles. The molecule has 6 N–H and O–H groups in total. The van der Waals surface area contributed by atoms with Gasteiger partial charge in [0, 0.05) is 6.42 Å². The smallest absolute Gasteiger partial charge is 0.303 e. The van der Waals surface area contributed by atoms with Gasteiger partial charge < -0.3 is 31.5 Å². The van der Waals surface area contributed by atoms with Crippen LogP contribution >= 0.6 is 0 Å². The van der Waals surface area contributed by atoms with Crippen molar-refractivity contribution < 1.29 is 35.2 Å². The number of carboxylic acid groups (broad SMARTS) is 1. The lowest BCUT2D eigenvalue weighted by atomic mass is 10.0. The molecule has 162 valence electrons. The lowest BCUT2D eigenvalue weighted by Crippen LogP contribution is -2.62. The van der Waals surface area contributed by atoms with Crippen LogP contribution in [0.4, 0.5) is 5.69 Å². The summed E-state index contributed by atoms with van der Waals surface area (Å²) >= 11 is 0. The molecule has 11 nitrogen and oxygen atoms in total. The van der Waals surface area contributed by atoms with Crippen molar-refractivity contribution in [3.8, 4) is 5.75 Å². The van der Waals surface area contributed by atoms with E-state index >= 15 is 0 Å². The Kier molecular flexibility index (Phi) is 6.19. The standard InChI is InChI=1S/C19H24N4O7/c1-9-4-6-13-12(8-9)23-18(29)19(3,30-13)17(28)21-10(2)16(27)22-11(15(20)26)5-7-14(24)25/h4,6,8,10-11H,5,7H2,1-3H3,(H2,20,26)(H,21,28)(H,22,27)(H,23,29)(H,24,25)/t10-,11-,19?/m0/s1/i/hD. The number of primary amides is 1. The van der Waals surface area contributed by atoms with Crippen LogP contribution in [-0.4, -0.2) is 52.4 Å². The fraction of sp³-hybridized carbons (Fsp3) is 0.421. The lowest BCUT2D eigenvalue weighted by Gasteiger charge is -2.34. The molecule has 11 heteroatoms. The van der Waals surface area contributed by atoms with Crippen LogP contribution in [0, 0.1) is 6.92 Å². The third-order valence-corrected chi connectivity index (χ3v) is 4.54. The van der Waals surface area contributed by atoms with Gasteiger partial charge in [0.1, 0.15) is 17.8 Å². The first kappa shape index (κ1) is 21.1. The summed E-state index contributed by atoms with van der Waals surface area (Å²) in [7, 11) is 0. The summed E-state index contributed by atoms with van der Waals surface area (Å²) < 4.78 is 13.6. The number of carbonyl (C=O) groups excluding carboxylic acids is 4. The van der Waals surface area contributed by atoms with Crippen molar-refractivity contribution in [2.75, 3.05) is 5.32 Å². The maximum absolute atomic E-state index is 12.9. The summed E-state index contributed by atoms with van der Waals surface area (Å²) in [6.07, 6.45) is -0.675. The van der Waals surface area contributed by atoms with Crippen LogP contribution in [0.15, 0.2) is 18.2 Å². The number of rotatable bonds is 8. The number of nitrogens with two attached hydrogens (primary N) is 1. The fourth-order valence-corrected chi connectivity index (χ4v) is 2.68. The normalized spacial score (nSPS) is 19.8. The second-order valence-electron chi connectivity index (χ2n) is 7.10. The van der Waals surface area contributed by atoms with Crippen LogP contribution in [0.25, 0.3) is 0 Å². The highest BCUT2D eigenvalue weighted by molar-refractivity contribution is 6.16. The highest BCUT2D eigenvalue weighted by atomic mass is 16.5. The van der Waals surface area contributed by atoms with Crippen molar-refractivity contribution in [2.24, 2.45) is 5.73 Å². The number of carbonyl (C=O) groups is 5. The first-order chi connectivity index (χ1) is 14.4. The molecule has 1 unspecified atom stereocenters. The van der Waals surface area contributed by atoms with Gasteiger partial charge in [-0.25, -0.2) is 0 Å². The quantitative estimate of drug-likeness (QED) is 0.349. The number of nitrogens with one attached hydrogen (secondary N) is 3. The summed E-state index contributed by atoms with van der Waals surface area (Å²) in [5.41, 5.74) is 4.30. The van der Waals surface area contributed by atoms with Crippen LogP contribution in [0.2, 0.25) is 1.41 Å². The Bertz CT molecular complexity index is 938. The van der Waals surface area contributed by atoms with E-state index in [9.17, 15) is 24.0 Å². The Morgan fingerprint density at radius 2 is 2.03 bits per heavy atom. The Labute approximate surface area is 173 Å². The summed E-state index contributed by atoms with van der Waals surface area (Å²) in [4.78, 5) is 60.0. The summed E-state index contributed by atoms with van der Waals surface area (Å²) in [6.45, 7) is 4.20. The van der Waals surface area contributed by atoms with Crippen LogP contribution < -0.4 is 26.4 Å². The predicted molar refractivity (Wildman–Crippen MR) is 104 cm³/mol. The molecule has 0 bridgehead atoms. The molecule has 0 saturated carbocycles. The van der Waals surface area contributed by atoms with Crippen LogP contribution in [0.3, 0.4) is 0 Å². The van der Waals surface area contributed by atoms with Crippen molar-refractivity contribution >= 4 is 35.3 Å². The van der Waals surface area contributed by atoms with Gasteiger partial charge in [0.05, 0.1) is 5.69 Å². The number of amides is 4. The van der Waals surface area contributed by atoms with Crippen molar-refractivity contribution in [3.63, 3.8) is 0 Å². The first-order valence-electron chi connectivity index (χ1n) is 9.56. The van der Waals surface area contributed by atoms with Gasteiger partial charge in [-0.1, -0.05) is 6.07 Å². The highest BCUT2D eigenvalue weighted by Crippen LogP contribution is 2.34. The summed E-state index contributed by atoms with van der Waals surface area (Å²) in [5, 5.41) is 13.8. The number of hydrogen-bond acceptors (Lipinski definition) is 6. The molecule has 0 saturated heterocycles. The molecule has 1 aliphatic rings. The molecule has 0 aromatic heterocycles. The molecule has 1 aromatic rings. The highest BCUT2D eigenvalue weighted by Gasteiger charge is 2.48. The zero-order valence-electron chi connectivity index (χ0n) is 17.7. The van der Waals surface area contributed by atoms with E-state index in [0.29, 0.717) is 5.69 Å². The average molecular weight is 421 g/mol. The zero-order valence-corrected chi connectivity index (χ0v) is 16.7. The van der Waals surface area contributed by atoms with Crippen molar-refractivity contribution in [1.29, 1.82) is 0 Å². The van der Waals surface area contributed by atoms with Crippen molar-refractivity contribution in [1.82, 2.24) is 10.6 Å². The molecule has 1 heterocycles. The number of hydrogen-bond donors (Lipinski definition) is 5. The molecule has 2 rings (SSSR count). The van der Waals surface area contributed by atoms with Gasteiger partial charge in [-0.15, -0.1) is 0 Å². The Morgan fingerprint density at radius 3 is 2.63 bits per heavy atom. The number of fused-ring (bicyclic) bond motifs is 1. The number of benzene rings is 1. The zero-order chi connectivity index (χ0) is 23.5. The molecule has 1 aromatic carbocycles. The van der Waals surface area contributed by atoms with Gasteiger partial charge in [-0.2, -0.15) is 0 Å². The van der Waals surface area contributed by atoms with E-state index in [1.165, 1.54) is 13.8 Å². The van der Waals surface area contributed by atoms with Crippen LogP contribution in [0.1, 0.15) is 32.3 Å². The van der Waals surface area contributed by atoms with E-state index in [0.717, 1.165) is 5.56 Å². The molecule has 0 radical (unpaired) electrons. The number of aryl methyl sites for hydroxylation is 1. The van der Waals surface area contributed by atoms with Crippen LogP contribution in [0.5, 0.6) is 5.75 Å². The van der Waals surface area contributed by atoms with E-state index < -0.39 is 53.7 Å². The van der Waals surface area contributed by atoms with E-state index in [1.54, 1.807) is 18.2 Å². The third kappa shape index (κ3) is 5.04. The van der Waals surface area contributed by atoms with E-state index in [-0.39, 0.29) is 17.5 Å². The molecular weight excluding hydrogens is 396 g/mol. The second kappa shape index (κ2) is 8.80. The Balaban J connectivity index is 2.14. The second-order valence-corrected chi connectivity index (χ2v) is 7.10. The maximum atomic E-state index is 12.9. The minimum Gasteiger partial charge on any atom is -0.481 e. The average Bonchev–Trinajstić information content (AvgIpc) is 2.69. The summed E-state index contributed by atoms with van der Waals surface area (Å²) in [6, 6.07) is 2.21. The molecule has 0 spiro atoms. The molecule has 30 heavy (non-hydrogen) atoms. The monoisotopic (exact) mass is 421 g/mol. The van der Waals surface area contributed by atoms with E-state index in [1.807, 2.05) is 6.92 Å². The molecule has 3 atom stereocenters. The summed E-state index contributed by atoms with van der Waals surface area (Å²) in [5.74, 6) is -4.76. The third-order valence-electron chi connectivity index (χ3n) is 4.54.